The first-order chi connectivity index (χ1) is 7.18. The van der Waals surface area contributed by atoms with Gasteiger partial charge in [0.2, 0.25) is 5.91 Å². The van der Waals surface area contributed by atoms with Gasteiger partial charge in [0, 0.05) is 18.5 Å². The lowest BCUT2D eigenvalue weighted by Crippen LogP contribution is -2.06. The molecule has 1 aromatic carbocycles. The molecule has 0 saturated heterocycles. The zero-order chi connectivity index (χ0) is 10.8. The largest absolute Gasteiger partial charge is 0.397 e. The number of aromatic nitrogens is 1. The Morgan fingerprint density at radius 1 is 1.40 bits per heavy atom. The maximum absolute atomic E-state index is 11.0. The first-order valence-electron chi connectivity index (χ1n) is 4.59. The molecule has 0 bridgehead atoms. The number of nitrogens with zero attached hydrogens (tertiary/aromatic N) is 1. The number of nitrogens with one attached hydrogen (secondary N) is 1. The number of hydrogen-bond acceptors (Lipinski definition) is 3. The zero-order valence-electron chi connectivity index (χ0n) is 8.32. The Hall–Kier alpha value is -2.10. The van der Waals surface area contributed by atoms with E-state index in [9.17, 15) is 4.79 Å². The molecule has 0 aliphatic heterocycles. The molecular formula is C11H11N3O. The molecule has 0 spiro atoms. The van der Waals surface area contributed by atoms with Crippen LogP contribution in [0.15, 0.2) is 30.5 Å². The predicted molar refractivity (Wildman–Crippen MR) is 60.5 cm³/mol. The van der Waals surface area contributed by atoms with Crippen molar-refractivity contribution < 1.29 is 4.79 Å². The van der Waals surface area contributed by atoms with E-state index in [4.69, 9.17) is 5.73 Å². The molecule has 0 aliphatic carbocycles. The molecule has 4 heteroatoms. The minimum atomic E-state index is -0.107. The van der Waals surface area contributed by atoms with Crippen molar-refractivity contribution in [3.63, 3.8) is 0 Å². The summed E-state index contributed by atoms with van der Waals surface area (Å²) in [6.07, 6.45) is 1.68. The number of carbonyl (C=O) groups excluding carboxylic acids is 1. The number of anilines is 2. The second kappa shape index (κ2) is 3.57. The number of carbonyl (C=O) groups is 1. The zero-order valence-corrected chi connectivity index (χ0v) is 8.32. The van der Waals surface area contributed by atoms with Gasteiger partial charge in [-0.25, -0.2) is 0 Å². The summed E-state index contributed by atoms with van der Waals surface area (Å²) in [6, 6.07) is 7.21. The molecule has 0 unspecified atom stereocenters. The number of amides is 1. The van der Waals surface area contributed by atoms with E-state index in [1.807, 2.05) is 12.1 Å². The van der Waals surface area contributed by atoms with Gasteiger partial charge in [0.15, 0.2) is 0 Å². The van der Waals surface area contributed by atoms with Crippen LogP contribution in [0.1, 0.15) is 6.92 Å². The lowest BCUT2D eigenvalue weighted by molar-refractivity contribution is -0.114. The van der Waals surface area contributed by atoms with Gasteiger partial charge in [-0.1, -0.05) is 0 Å². The van der Waals surface area contributed by atoms with Gasteiger partial charge in [-0.15, -0.1) is 0 Å². The topological polar surface area (TPSA) is 68.0 Å². The Morgan fingerprint density at radius 3 is 2.93 bits per heavy atom. The van der Waals surface area contributed by atoms with Crippen molar-refractivity contribution in [2.45, 2.75) is 6.92 Å². The normalized spacial score (nSPS) is 10.2. The van der Waals surface area contributed by atoms with Crippen molar-refractivity contribution in [2.75, 3.05) is 11.1 Å². The van der Waals surface area contributed by atoms with E-state index in [1.165, 1.54) is 6.92 Å². The van der Waals surface area contributed by atoms with Crippen LogP contribution in [0, 0.1) is 0 Å². The minimum Gasteiger partial charge on any atom is -0.397 e. The summed E-state index contributed by atoms with van der Waals surface area (Å²) in [7, 11) is 0. The van der Waals surface area contributed by atoms with Crippen molar-refractivity contribution in [2.24, 2.45) is 0 Å². The van der Waals surface area contributed by atoms with E-state index >= 15 is 0 Å². The van der Waals surface area contributed by atoms with Gasteiger partial charge in [0.1, 0.15) is 0 Å². The standard InChI is InChI=1S/C11H11N3O/c1-7(15)14-10-5-4-9(12)11-8(10)3-2-6-13-11/h2-6H,12H2,1H3,(H,14,15). The van der Waals surface area contributed by atoms with Crippen LogP contribution >= 0.6 is 0 Å². The van der Waals surface area contributed by atoms with Crippen LogP contribution in [0.5, 0.6) is 0 Å². The van der Waals surface area contributed by atoms with E-state index < -0.39 is 0 Å². The van der Waals surface area contributed by atoms with Crippen LogP contribution < -0.4 is 11.1 Å². The highest BCUT2D eigenvalue weighted by Gasteiger charge is 2.05. The van der Waals surface area contributed by atoms with E-state index in [0.717, 1.165) is 11.1 Å². The summed E-state index contributed by atoms with van der Waals surface area (Å²) in [5, 5.41) is 3.59. The molecule has 0 saturated carbocycles. The van der Waals surface area contributed by atoms with Gasteiger partial charge in [0.25, 0.3) is 0 Å². The molecule has 0 aliphatic rings. The molecule has 3 N–H and O–H groups in total. The highest BCUT2D eigenvalue weighted by atomic mass is 16.1. The average Bonchev–Trinajstić information content (AvgIpc) is 2.22. The summed E-state index contributed by atoms with van der Waals surface area (Å²) in [4.78, 5) is 15.2. The Balaban J connectivity index is 2.66. The summed E-state index contributed by atoms with van der Waals surface area (Å²) >= 11 is 0. The number of rotatable bonds is 1. The summed E-state index contributed by atoms with van der Waals surface area (Å²) in [5.74, 6) is -0.107. The fourth-order valence-corrected chi connectivity index (χ4v) is 1.49. The number of fused-ring (bicyclic) bond motifs is 1. The molecule has 1 amide bonds. The lowest BCUT2D eigenvalue weighted by Gasteiger charge is -2.07. The third kappa shape index (κ3) is 1.74. The smallest absolute Gasteiger partial charge is 0.221 e. The van der Waals surface area contributed by atoms with E-state index in [2.05, 4.69) is 10.3 Å². The van der Waals surface area contributed by atoms with Crippen molar-refractivity contribution >= 4 is 28.2 Å². The molecule has 76 valence electrons. The highest BCUT2D eigenvalue weighted by Crippen LogP contribution is 2.26. The molecule has 0 atom stereocenters. The predicted octanol–water partition coefficient (Wildman–Crippen LogP) is 1.78. The molecule has 15 heavy (non-hydrogen) atoms. The van der Waals surface area contributed by atoms with Gasteiger partial charge >= 0.3 is 0 Å². The second-order valence-corrected chi connectivity index (χ2v) is 3.28. The monoisotopic (exact) mass is 201 g/mol. The van der Waals surface area contributed by atoms with Gasteiger partial charge in [-0.05, 0) is 24.3 Å². The van der Waals surface area contributed by atoms with Gasteiger partial charge in [-0.2, -0.15) is 0 Å². The fourth-order valence-electron chi connectivity index (χ4n) is 1.49. The van der Waals surface area contributed by atoms with Crippen LogP contribution in [0.25, 0.3) is 10.9 Å². The van der Waals surface area contributed by atoms with E-state index in [1.54, 1.807) is 18.3 Å². The molecule has 2 rings (SSSR count). The summed E-state index contributed by atoms with van der Waals surface area (Å²) in [6.45, 7) is 1.47. The average molecular weight is 201 g/mol. The van der Waals surface area contributed by atoms with Crippen molar-refractivity contribution in [3.05, 3.63) is 30.5 Å². The van der Waals surface area contributed by atoms with Crippen molar-refractivity contribution in [1.29, 1.82) is 0 Å². The molecule has 0 radical (unpaired) electrons. The Morgan fingerprint density at radius 2 is 2.20 bits per heavy atom. The molecule has 1 aromatic heterocycles. The molecular weight excluding hydrogens is 190 g/mol. The van der Waals surface area contributed by atoms with Gasteiger partial charge in [-0.3, -0.25) is 9.78 Å². The van der Waals surface area contributed by atoms with Crippen molar-refractivity contribution in [3.8, 4) is 0 Å². The third-order valence-corrected chi connectivity index (χ3v) is 2.11. The molecule has 0 fully saturated rings. The Labute approximate surface area is 87.1 Å². The third-order valence-electron chi connectivity index (χ3n) is 2.11. The summed E-state index contributed by atoms with van der Waals surface area (Å²) < 4.78 is 0. The number of nitrogen functional groups attached to an aromatic ring is 1. The van der Waals surface area contributed by atoms with Crippen LogP contribution in [-0.4, -0.2) is 10.9 Å². The van der Waals surface area contributed by atoms with Crippen LogP contribution in [-0.2, 0) is 4.79 Å². The van der Waals surface area contributed by atoms with Gasteiger partial charge < -0.3 is 11.1 Å². The van der Waals surface area contributed by atoms with Gasteiger partial charge in [0.05, 0.1) is 16.9 Å². The molecule has 1 heterocycles. The molecule has 2 aromatic rings. The maximum Gasteiger partial charge on any atom is 0.221 e. The Bertz CT molecular complexity index is 522. The number of nitrogens with two attached hydrogens (primary N) is 1. The fraction of sp³-hybridized carbons (Fsp3) is 0.0909. The Kier molecular flexibility index (Phi) is 2.25. The number of pyridine rings is 1. The number of hydrogen-bond donors (Lipinski definition) is 2. The maximum atomic E-state index is 11.0. The first-order valence-corrected chi connectivity index (χ1v) is 4.59. The van der Waals surface area contributed by atoms with E-state index in [-0.39, 0.29) is 5.91 Å². The van der Waals surface area contributed by atoms with Crippen molar-refractivity contribution in [1.82, 2.24) is 4.98 Å². The number of benzene rings is 1. The van der Waals surface area contributed by atoms with E-state index in [0.29, 0.717) is 11.2 Å². The minimum absolute atomic E-state index is 0.107. The van der Waals surface area contributed by atoms with Crippen LogP contribution in [0.2, 0.25) is 0 Å². The first kappa shape index (κ1) is 9.45. The highest BCUT2D eigenvalue weighted by molar-refractivity contribution is 6.03. The lowest BCUT2D eigenvalue weighted by atomic mass is 10.1. The molecule has 4 nitrogen and oxygen atoms in total. The quantitative estimate of drug-likeness (QED) is 0.691. The second-order valence-electron chi connectivity index (χ2n) is 3.28. The SMILES string of the molecule is CC(=O)Nc1ccc(N)c2ncccc12. The van der Waals surface area contributed by atoms with Crippen LogP contribution in [0.3, 0.4) is 0 Å². The van der Waals surface area contributed by atoms with Crippen LogP contribution in [0.4, 0.5) is 11.4 Å². The summed E-state index contributed by atoms with van der Waals surface area (Å²) in [5.41, 5.74) is 7.84.